The standard InChI is InChI=1S/C18H13N3O2/c22-17(13-5-2-1-3-6-13)14-7-4-8-15(11-14)21-18(23)16-12-19-9-10-20-16/h1-12H,(H,21,23). The maximum Gasteiger partial charge on any atom is 0.275 e. The van der Waals surface area contributed by atoms with Crippen LogP contribution in [0.25, 0.3) is 0 Å². The van der Waals surface area contributed by atoms with Crippen LogP contribution in [-0.4, -0.2) is 21.7 Å². The maximum atomic E-state index is 12.4. The molecule has 5 heteroatoms. The minimum Gasteiger partial charge on any atom is -0.321 e. The second-order valence-electron chi connectivity index (χ2n) is 4.82. The van der Waals surface area contributed by atoms with Gasteiger partial charge in [-0.15, -0.1) is 0 Å². The molecule has 0 aliphatic carbocycles. The second-order valence-corrected chi connectivity index (χ2v) is 4.82. The summed E-state index contributed by atoms with van der Waals surface area (Å²) in [6.45, 7) is 0. The Bertz CT molecular complexity index is 833. The summed E-state index contributed by atoms with van der Waals surface area (Å²) >= 11 is 0. The summed E-state index contributed by atoms with van der Waals surface area (Å²) in [5.41, 5.74) is 1.85. The molecule has 1 heterocycles. The van der Waals surface area contributed by atoms with Gasteiger partial charge in [0, 0.05) is 29.2 Å². The van der Waals surface area contributed by atoms with Crippen LogP contribution in [0.15, 0.2) is 73.2 Å². The van der Waals surface area contributed by atoms with E-state index in [1.54, 1.807) is 36.4 Å². The Morgan fingerprint density at radius 3 is 2.39 bits per heavy atom. The molecule has 3 rings (SSSR count). The largest absolute Gasteiger partial charge is 0.321 e. The van der Waals surface area contributed by atoms with Crippen molar-refractivity contribution in [3.05, 3.63) is 90.0 Å². The van der Waals surface area contributed by atoms with Gasteiger partial charge in [0.15, 0.2) is 5.78 Å². The average molecular weight is 303 g/mol. The summed E-state index contributed by atoms with van der Waals surface area (Å²) < 4.78 is 0. The molecule has 1 amide bonds. The Kier molecular flexibility index (Phi) is 4.20. The highest BCUT2D eigenvalue weighted by atomic mass is 16.2. The molecular weight excluding hydrogens is 290 g/mol. The number of amides is 1. The highest BCUT2D eigenvalue weighted by Gasteiger charge is 2.11. The third-order valence-electron chi connectivity index (χ3n) is 3.21. The van der Waals surface area contributed by atoms with Crippen LogP contribution >= 0.6 is 0 Å². The first-order valence-electron chi connectivity index (χ1n) is 7.01. The Morgan fingerprint density at radius 1 is 0.870 bits per heavy atom. The van der Waals surface area contributed by atoms with E-state index in [1.165, 1.54) is 18.6 Å². The molecule has 0 saturated heterocycles. The summed E-state index contributed by atoms with van der Waals surface area (Å²) in [5, 5.41) is 2.71. The fourth-order valence-corrected chi connectivity index (χ4v) is 2.11. The lowest BCUT2D eigenvalue weighted by atomic mass is 10.0. The van der Waals surface area contributed by atoms with Gasteiger partial charge in [0.2, 0.25) is 0 Å². The summed E-state index contributed by atoms with van der Waals surface area (Å²) in [6.07, 6.45) is 4.33. The van der Waals surface area contributed by atoms with Crippen LogP contribution in [0.3, 0.4) is 0 Å². The predicted molar refractivity (Wildman–Crippen MR) is 86.3 cm³/mol. The normalized spacial score (nSPS) is 10.1. The van der Waals surface area contributed by atoms with Crippen molar-refractivity contribution in [2.75, 3.05) is 5.32 Å². The molecule has 5 nitrogen and oxygen atoms in total. The van der Waals surface area contributed by atoms with Crippen LogP contribution in [0.2, 0.25) is 0 Å². The van der Waals surface area contributed by atoms with Crippen molar-refractivity contribution >= 4 is 17.4 Å². The summed E-state index contributed by atoms with van der Waals surface area (Å²) in [6, 6.07) is 15.8. The third-order valence-corrected chi connectivity index (χ3v) is 3.21. The minimum atomic E-state index is -0.373. The van der Waals surface area contributed by atoms with E-state index in [0.29, 0.717) is 16.8 Å². The lowest BCUT2D eigenvalue weighted by Gasteiger charge is -2.06. The van der Waals surface area contributed by atoms with Gasteiger partial charge in [-0.25, -0.2) is 4.98 Å². The molecule has 0 saturated carbocycles. The molecule has 0 unspecified atom stereocenters. The fourth-order valence-electron chi connectivity index (χ4n) is 2.11. The number of nitrogens with one attached hydrogen (secondary N) is 1. The fraction of sp³-hybridized carbons (Fsp3) is 0. The van der Waals surface area contributed by atoms with Gasteiger partial charge in [0.1, 0.15) is 5.69 Å². The van der Waals surface area contributed by atoms with Crippen molar-refractivity contribution < 1.29 is 9.59 Å². The quantitative estimate of drug-likeness (QED) is 0.752. The van der Waals surface area contributed by atoms with Gasteiger partial charge in [0.05, 0.1) is 6.20 Å². The van der Waals surface area contributed by atoms with Gasteiger partial charge in [-0.05, 0) is 12.1 Å². The molecule has 2 aromatic carbocycles. The predicted octanol–water partition coefficient (Wildman–Crippen LogP) is 2.96. The maximum absolute atomic E-state index is 12.4. The molecule has 0 radical (unpaired) electrons. The smallest absolute Gasteiger partial charge is 0.275 e. The van der Waals surface area contributed by atoms with Crippen molar-refractivity contribution in [2.24, 2.45) is 0 Å². The van der Waals surface area contributed by atoms with Gasteiger partial charge in [0.25, 0.3) is 5.91 Å². The number of ketones is 1. The third kappa shape index (κ3) is 3.47. The van der Waals surface area contributed by atoms with E-state index in [4.69, 9.17) is 0 Å². The number of carbonyl (C=O) groups excluding carboxylic acids is 2. The number of benzene rings is 2. The van der Waals surface area contributed by atoms with E-state index in [1.807, 2.05) is 18.2 Å². The van der Waals surface area contributed by atoms with E-state index in [-0.39, 0.29) is 17.4 Å². The molecule has 0 bridgehead atoms. The summed E-state index contributed by atoms with van der Waals surface area (Å²) in [7, 11) is 0. The Labute approximate surface area is 133 Å². The zero-order valence-corrected chi connectivity index (χ0v) is 12.1. The first kappa shape index (κ1) is 14.6. The number of hydrogen-bond acceptors (Lipinski definition) is 4. The lowest BCUT2D eigenvalue weighted by Crippen LogP contribution is -2.14. The molecule has 0 aliphatic rings. The highest BCUT2D eigenvalue weighted by Crippen LogP contribution is 2.15. The highest BCUT2D eigenvalue weighted by molar-refractivity contribution is 6.10. The topological polar surface area (TPSA) is 72.0 Å². The van der Waals surface area contributed by atoms with E-state index in [2.05, 4.69) is 15.3 Å². The molecular formula is C18H13N3O2. The van der Waals surface area contributed by atoms with Crippen LogP contribution < -0.4 is 5.32 Å². The molecule has 0 fully saturated rings. The van der Waals surface area contributed by atoms with Crippen molar-refractivity contribution in [1.29, 1.82) is 0 Å². The lowest BCUT2D eigenvalue weighted by molar-refractivity contribution is 0.101. The van der Waals surface area contributed by atoms with E-state index in [0.717, 1.165) is 0 Å². The van der Waals surface area contributed by atoms with Crippen LogP contribution in [-0.2, 0) is 0 Å². The van der Waals surface area contributed by atoms with Gasteiger partial charge in [-0.2, -0.15) is 0 Å². The summed E-state index contributed by atoms with van der Waals surface area (Å²) in [4.78, 5) is 32.3. The van der Waals surface area contributed by atoms with Crippen molar-refractivity contribution in [3.63, 3.8) is 0 Å². The molecule has 0 spiro atoms. The minimum absolute atomic E-state index is 0.0961. The van der Waals surface area contributed by atoms with Crippen LogP contribution in [0.5, 0.6) is 0 Å². The number of hydrogen-bond donors (Lipinski definition) is 1. The van der Waals surface area contributed by atoms with Crippen molar-refractivity contribution in [1.82, 2.24) is 9.97 Å². The first-order chi connectivity index (χ1) is 11.2. The summed E-state index contributed by atoms with van der Waals surface area (Å²) in [5.74, 6) is -0.469. The SMILES string of the molecule is O=C(c1ccccc1)c1cccc(NC(=O)c2cnccn2)c1. The number of aromatic nitrogens is 2. The molecule has 1 N–H and O–H groups in total. The van der Waals surface area contributed by atoms with Gasteiger partial charge in [-0.3, -0.25) is 14.6 Å². The molecule has 0 atom stereocenters. The molecule has 23 heavy (non-hydrogen) atoms. The molecule has 0 aliphatic heterocycles. The van der Waals surface area contributed by atoms with Crippen molar-refractivity contribution in [3.8, 4) is 0 Å². The Hall–Kier alpha value is -3.34. The second kappa shape index (κ2) is 6.62. The van der Waals surface area contributed by atoms with E-state index >= 15 is 0 Å². The number of rotatable bonds is 4. The number of nitrogens with zero attached hydrogens (tertiary/aromatic N) is 2. The molecule has 112 valence electrons. The van der Waals surface area contributed by atoms with Crippen LogP contribution in [0, 0.1) is 0 Å². The monoisotopic (exact) mass is 303 g/mol. The van der Waals surface area contributed by atoms with Gasteiger partial charge < -0.3 is 5.32 Å². The molecule has 1 aromatic heterocycles. The van der Waals surface area contributed by atoms with Crippen LogP contribution in [0.4, 0.5) is 5.69 Å². The Morgan fingerprint density at radius 2 is 1.65 bits per heavy atom. The Balaban J connectivity index is 1.80. The molecule has 3 aromatic rings. The number of carbonyl (C=O) groups is 2. The first-order valence-corrected chi connectivity index (χ1v) is 7.01. The van der Waals surface area contributed by atoms with E-state index in [9.17, 15) is 9.59 Å². The van der Waals surface area contributed by atoms with Gasteiger partial charge >= 0.3 is 0 Å². The van der Waals surface area contributed by atoms with Gasteiger partial charge in [-0.1, -0.05) is 42.5 Å². The van der Waals surface area contributed by atoms with Crippen LogP contribution in [0.1, 0.15) is 26.4 Å². The number of anilines is 1. The zero-order chi connectivity index (χ0) is 16.1. The average Bonchev–Trinajstić information content (AvgIpc) is 2.63. The van der Waals surface area contributed by atoms with Crippen molar-refractivity contribution in [2.45, 2.75) is 0 Å². The zero-order valence-electron chi connectivity index (χ0n) is 12.1. The van der Waals surface area contributed by atoms with E-state index < -0.39 is 0 Å².